The van der Waals surface area contributed by atoms with Gasteiger partial charge in [-0.15, -0.1) is 0 Å². The zero-order chi connectivity index (χ0) is 22.4. The number of carbonyl (C=O) groups is 1. The third-order valence-electron chi connectivity index (χ3n) is 6.01. The molecule has 0 bridgehead atoms. The first-order chi connectivity index (χ1) is 16.2. The zero-order valence-electron chi connectivity index (χ0n) is 17.5. The summed E-state index contributed by atoms with van der Waals surface area (Å²) in [7, 11) is 0. The van der Waals surface area contributed by atoms with E-state index in [0.717, 1.165) is 28.2 Å². The lowest BCUT2D eigenvalue weighted by Gasteiger charge is -2.40. The Morgan fingerprint density at radius 2 is 1.36 bits per heavy atom. The minimum absolute atomic E-state index is 0.192. The average molecular weight is 451 g/mol. The van der Waals surface area contributed by atoms with E-state index < -0.39 is 5.66 Å². The maximum Gasteiger partial charge on any atom is 0.278 e. The number of fused-ring (bicyclic) bond motifs is 2. The van der Waals surface area contributed by atoms with Crippen molar-refractivity contribution in [3.05, 3.63) is 125 Å². The van der Waals surface area contributed by atoms with Crippen molar-refractivity contribution >= 4 is 40.4 Å². The van der Waals surface area contributed by atoms with Crippen LogP contribution in [-0.2, 0) is 10.5 Å². The normalized spacial score (nSPS) is 18.9. The fourth-order valence-corrected chi connectivity index (χ4v) is 4.78. The molecule has 1 amide bonds. The summed E-state index contributed by atoms with van der Waals surface area (Å²) in [5, 5.41) is 10.5. The molecule has 4 aromatic carbocycles. The van der Waals surface area contributed by atoms with Gasteiger partial charge in [-0.05, 0) is 42.5 Å². The largest absolute Gasteiger partial charge is 0.322 e. The van der Waals surface area contributed by atoms with Gasteiger partial charge in [0.05, 0.1) is 5.69 Å². The first-order valence-electron chi connectivity index (χ1n) is 10.7. The number of halogens is 1. The highest BCUT2D eigenvalue weighted by Gasteiger charge is 2.61. The molecular formula is C27H19ClN4O. The van der Waals surface area contributed by atoms with E-state index in [1.165, 1.54) is 0 Å². The van der Waals surface area contributed by atoms with E-state index in [9.17, 15) is 4.79 Å². The Kier molecular flexibility index (Phi) is 4.45. The lowest BCUT2D eigenvalue weighted by atomic mass is 9.95. The molecule has 0 aliphatic carbocycles. The highest BCUT2D eigenvalue weighted by molar-refractivity contribution is 6.31. The summed E-state index contributed by atoms with van der Waals surface area (Å²) in [6.07, 6.45) is 0. The van der Waals surface area contributed by atoms with Crippen molar-refractivity contribution in [3.63, 3.8) is 0 Å². The number of para-hydroxylation sites is 2. The number of benzene rings is 4. The molecule has 160 valence electrons. The number of amides is 1. The van der Waals surface area contributed by atoms with Crippen LogP contribution in [0.4, 0.5) is 17.1 Å². The standard InChI is InChI=1S/C27H19ClN4O/c28-20-16-17-24-23(18-20)27(26(33)29-24)31(21-12-6-2-7-13-21)25(19-10-4-1-5-11-19)30-32(27)22-14-8-3-9-15-22/h1-18H,(H,29,33). The fourth-order valence-electron chi connectivity index (χ4n) is 4.61. The van der Waals surface area contributed by atoms with Crippen LogP contribution in [0, 0.1) is 0 Å². The smallest absolute Gasteiger partial charge is 0.278 e. The highest BCUT2D eigenvalue weighted by atomic mass is 35.5. The maximum absolute atomic E-state index is 14.0. The summed E-state index contributed by atoms with van der Waals surface area (Å²) in [6.45, 7) is 0. The van der Waals surface area contributed by atoms with Crippen LogP contribution in [-0.4, -0.2) is 11.7 Å². The van der Waals surface area contributed by atoms with Gasteiger partial charge < -0.3 is 5.32 Å². The molecule has 1 N–H and O–H groups in total. The van der Waals surface area contributed by atoms with E-state index in [2.05, 4.69) is 5.32 Å². The Balaban J connectivity index is 1.70. The van der Waals surface area contributed by atoms with Gasteiger partial charge in [-0.1, -0.05) is 78.3 Å². The lowest BCUT2D eigenvalue weighted by molar-refractivity contribution is -0.120. The summed E-state index contributed by atoms with van der Waals surface area (Å²) in [4.78, 5) is 16.0. The van der Waals surface area contributed by atoms with E-state index in [1.807, 2.05) is 108 Å². The van der Waals surface area contributed by atoms with Gasteiger partial charge in [0, 0.05) is 27.5 Å². The van der Waals surface area contributed by atoms with E-state index in [4.69, 9.17) is 16.7 Å². The van der Waals surface area contributed by atoms with Crippen molar-refractivity contribution in [1.29, 1.82) is 0 Å². The predicted octanol–water partition coefficient (Wildman–Crippen LogP) is 5.83. The van der Waals surface area contributed by atoms with Crippen molar-refractivity contribution in [2.45, 2.75) is 5.66 Å². The number of hydrogen-bond donors (Lipinski definition) is 1. The number of nitrogens with one attached hydrogen (secondary N) is 1. The number of hydrogen-bond acceptors (Lipinski definition) is 4. The SMILES string of the molecule is O=C1Nc2ccc(Cl)cc2C12N(c1ccccc1)N=C(c1ccccc1)N2c1ccccc1. The molecule has 5 nitrogen and oxygen atoms in total. The number of amidine groups is 1. The van der Waals surface area contributed by atoms with Crippen LogP contribution in [0.3, 0.4) is 0 Å². The Morgan fingerprint density at radius 1 is 0.758 bits per heavy atom. The Bertz CT molecular complexity index is 1380. The number of carbonyl (C=O) groups excluding carboxylic acids is 1. The predicted molar refractivity (Wildman–Crippen MR) is 133 cm³/mol. The molecular weight excluding hydrogens is 432 g/mol. The van der Waals surface area contributed by atoms with Gasteiger partial charge in [-0.25, -0.2) is 5.01 Å². The number of anilines is 3. The molecule has 4 aromatic rings. The van der Waals surface area contributed by atoms with Crippen molar-refractivity contribution in [3.8, 4) is 0 Å². The highest BCUT2D eigenvalue weighted by Crippen LogP contribution is 2.51. The zero-order valence-corrected chi connectivity index (χ0v) is 18.3. The second-order valence-electron chi connectivity index (χ2n) is 7.92. The topological polar surface area (TPSA) is 47.9 Å². The number of nitrogens with zero attached hydrogens (tertiary/aromatic N) is 3. The van der Waals surface area contributed by atoms with Crippen molar-refractivity contribution in [2.75, 3.05) is 15.2 Å². The van der Waals surface area contributed by atoms with E-state index in [-0.39, 0.29) is 5.91 Å². The van der Waals surface area contributed by atoms with Crippen LogP contribution in [0.25, 0.3) is 0 Å². The van der Waals surface area contributed by atoms with Crippen molar-refractivity contribution < 1.29 is 4.79 Å². The summed E-state index contributed by atoms with van der Waals surface area (Å²) < 4.78 is 0. The molecule has 33 heavy (non-hydrogen) atoms. The molecule has 1 atom stereocenters. The van der Waals surface area contributed by atoms with Crippen LogP contribution in [0.15, 0.2) is 114 Å². The van der Waals surface area contributed by atoms with E-state index in [1.54, 1.807) is 11.1 Å². The molecule has 0 saturated carbocycles. The third-order valence-corrected chi connectivity index (χ3v) is 6.24. The molecule has 6 heteroatoms. The first-order valence-corrected chi connectivity index (χ1v) is 11.0. The molecule has 2 aliphatic heterocycles. The Labute approximate surface area is 196 Å². The Morgan fingerprint density at radius 3 is 2.03 bits per heavy atom. The van der Waals surface area contributed by atoms with Crippen LogP contribution >= 0.6 is 11.6 Å². The van der Waals surface area contributed by atoms with Crippen LogP contribution in [0.1, 0.15) is 11.1 Å². The number of hydrazone groups is 1. The molecule has 1 spiro atoms. The number of rotatable bonds is 3. The summed E-state index contributed by atoms with van der Waals surface area (Å²) in [6, 6.07) is 35.0. The average Bonchev–Trinajstić information content (AvgIpc) is 3.37. The summed E-state index contributed by atoms with van der Waals surface area (Å²) >= 11 is 6.46. The minimum Gasteiger partial charge on any atom is -0.322 e. The van der Waals surface area contributed by atoms with Gasteiger partial charge in [-0.3, -0.25) is 9.69 Å². The fraction of sp³-hybridized carbons (Fsp3) is 0.0370. The molecule has 6 rings (SSSR count). The maximum atomic E-state index is 14.0. The van der Waals surface area contributed by atoms with Crippen molar-refractivity contribution in [1.82, 2.24) is 0 Å². The second-order valence-corrected chi connectivity index (χ2v) is 8.36. The molecule has 0 fully saturated rings. The quantitative estimate of drug-likeness (QED) is 0.427. The Hall–Kier alpha value is -4.09. The molecule has 2 heterocycles. The van der Waals surface area contributed by atoms with Gasteiger partial charge in [-0.2, -0.15) is 5.10 Å². The first kappa shape index (κ1) is 19.6. The molecule has 1 unspecified atom stereocenters. The van der Waals surface area contributed by atoms with Crippen LogP contribution < -0.4 is 15.2 Å². The third kappa shape index (κ3) is 2.86. The van der Waals surface area contributed by atoms with Crippen LogP contribution in [0.2, 0.25) is 5.02 Å². The lowest BCUT2D eigenvalue weighted by Crippen LogP contribution is -2.58. The van der Waals surface area contributed by atoms with Gasteiger partial charge in [0.25, 0.3) is 5.91 Å². The van der Waals surface area contributed by atoms with E-state index in [0.29, 0.717) is 10.9 Å². The van der Waals surface area contributed by atoms with Crippen molar-refractivity contribution in [2.24, 2.45) is 5.10 Å². The minimum atomic E-state index is -1.28. The summed E-state index contributed by atoms with van der Waals surface area (Å²) in [5.74, 6) is 0.482. The second kappa shape index (κ2) is 7.50. The molecule has 0 saturated heterocycles. The molecule has 0 aromatic heterocycles. The van der Waals surface area contributed by atoms with Gasteiger partial charge in [0.1, 0.15) is 0 Å². The van der Waals surface area contributed by atoms with Gasteiger partial charge in [0.15, 0.2) is 5.84 Å². The van der Waals surface area contributed by atoms with Gasteiger partial charge >= 0.3 is 0 Å². The van der Waals surface area contributed by atoms with E-state index >= 15 is 0 Å². The molecule has 0 radical (unpaired) electrons. The van der Waals surface area contributed by atoms with Gasteiger partial charge in [0.2, 0.25) is 5.66 Å². The monoisotopic (exact) mass is 450 g/mol. The van der Waals surface area contributed by atoms with Crippen LogP contribution in [0.5, 0.6) is 0 Å². The molecule has 2 aliphatic rings. The summed E-state index contributed by atoms with van der Waals surface area (Å²) in [5.41, 5.74) is 2.74.